The summed E-state index contributed by atoms with van der Waals surface area (Å²) in [6, 6.07) is 7.36. The summed E-state index contributed by atoms with van der Waals surface area (Å²) < 4.78 is 7.24. The molecule has 1 aliphatic heterocycles. The van der Waals surface area contributed by atoms with Gasteiger partial charge in [0, 0.05) is 36.9 Å². The average molecular weight is 461 g/mol. The molecule has 0 spiro atoms. The fraction of sp³-hybridized carbons (Fsp3) is 0.542. The van der Waals surface area contributed by atoms with Crippen molar-refractivity contribution in [3.05, 3.63) is 47.2 Å². The Bertz CT molecular complexity index is 951. The highest BCUT2D eigenvalue weighted by Gasteiger charge is 2.30. The summed E-state index contributed by atoms with van der Waals surface area (Å²) in [5, 5.41) is 4.95. The van der Waals surface area contributed by atoms with Crippen molar-refractivity contribution in [2.75, 3.05) is 19.6 Å². The van der Waals surface area contributed by atoms with Gasteiger partial charge in [-0.05, 0) is 71.6 Å². The number of hydrogen-bond donors (Lipinski definition) is 0. The van der Waals surface area contributed by atoms with Crippen LogP contribution >= 0.6 is 11.6 Å². The third kappa shape index (κ3) is 6.25. The molecule has 0 bridgehead atoms. The summed E-state index contributed by atoms with van der Waals surface area (Å²) in [6.45, 7) is 11.5. The van der Waals surface area contributed by atoms with E-state index in [0.29, 0.717) is 30.2 Å². The molecule has 32 heavy (non-hydrogen) atoms. The van der Waals surface area contributed by atoms with Gasteiger partial charge in [-0.2, -0.15) is 5.10 Å². The summed E-state index contributed by atoms with van der Waals surface area (Å²) in [6.07, 6.45) is 4.89. The molecule has 0 aliphatic carbocycles. The lowest BCUT2D eigenvalue weighted by atomic mass is 9.96. The third-order valence-electron chi connectivity index (χ3n) is 5.41. The Morgan fingerprint density at radius 3 is 2.72 bits per heavy atom. The van der Waals surface area contributed by atoms with E-state index < -0.39 is 5.60 Å². The van der Waals surface area contributed by atoms with Crippen LogP contribution in [0.2, 0.25) is 5.02 Å². The molecule has 1 aromatic carbocycles. The van der Waals surface area contributed by atoms with E-state index in [9.17, 15) is 9.59 Å². The van der Waals surface area contributed by atoms with Crippen LogP contribution in [0.4, 0.5) is 4.79 Å². The Hall–Kier alpha value is -2.54. The van der Waals surface area contributed by atoms with Gasteiger partial charge >= 0.3 is 6.09 Å². The molecule has 2 amide bonds. The Morgan fingerprint density at radius 2 is 2.06 bits per heavy atom. The number of rotatable bonds is 5. The van der Waals surface area contributed by atoms with Gasteiger partial charge in [-0.15, -0.1) is 0 Å². The predicted octanol–water partition coefficient (Wildman–Crippen LogP) is 5.02. The Morgan fingerprint density at radius 1 is 1.31 bits per heavy atom. The molecular weight excluding hydrogens is 428 g/mol. The van der Waals surface area contributed by atoms with Crippen LogP contribution in [-0.2, 0) is 4.74 Å². The fourth-order valence-corrected chi connectivity index (χ4v) is 4.05. The van der Waals surface area contributed by atoms with Crippen molar-refractivity contribution in [1.82, 2.24) is 19.6 Å². The van der Waals surface area contributed by atoms with Gasteiger partial charge in [-0.25, -0.2) is 9.48 Å². The minimum atomic E-state index is -0.540. The van der Waals surface area contributed by atoms with Gasteiger partial charge < -0.3 is 14.5 Å². The molecular formula is C24H33ClN4O3. The molecule has 1 aliphatic rings. The van der Waals surface area contributed by atoms with E-state index in [-0.39, 0.29) is 24.0 Å². The second-order valence-electron chi connectivity index (χ2n) is 9.64. The van der Waals surface area contributed by atoms with Crippen molar-refractivity contribution >= 4 is 23.6 Å². The second kappa shape index (κ2) is 9.94. The number of nitrogens with zero attached hydrogens (tertiary/aromatic N) is 4. The summed E-state index contributed by atoms with van der Waals surface area (Å²) >= 11 is 6.07. The molecule has 7 nitrogen and oxygen atoms in total. The minimum absolute atomic E-state index is 0.0202. The first kappa shape index (κ1) is 24.1. The number of halogens is 1. The zero-order valence-corrected chi connectivity index (χ0v) is 20.3. The Balaban J connectivity index is 1.66. The van der Waals surface area contributed by atoms with Gasteiger partial charge in [0.2, 0.25) is 0 Å². The van der Waals surface area contributed by atoms with E-state index in [1.165, 1.54) is 0 Å². The molecule has 1 aromatic heterocycles. The highest BCUT2D eigenvalue weighted by molar-refractivity contribution is 6.30. The van der Waals surface area contributed by atoms with Crippen molar-refractivity contribution in [1.29, 1.82) is 0 Å². The Kier molecular flexibility index (Phi) is 7.49. The van der Waals surface area contributed by atoms with Crippen molar-refractivity contribution in [2.24, 2.45) is 5.92 Å². The largest absolute Gasteiger partial charge is 0.444 e. The van der Waals surface area contributed by atoms with Crippen LogP contribution in [0.3, 0.4) is 0 Å². The molecule has 1 atom stereocenters. The summed E-state index contributed by atoms with van der Waals surface area (Å²) in [4.78, 5) is 29.4. The molecule has 2 heterocycles. The van der Waals surface area contributed by atoms with E-state index in [1.807, 2.05) is 51.7 Å². The van der Waals surface area contributed by atoms with Crippen LogP contribution in [0.5, 0.6) is 0 Å². The molecule has 0 saturated carbocycles. The maximum atomic E-state index is 13.1. The van der Waals surface area contributed by atoms with Crippen molar-refractivity contribution < 1.29 is 14.3 Å². The number of benzene rings is 1. The van der Waals surface area contributed by atoms with Crippen LogP contribution in [0.1, 0.15) is 57.8 Å². The molecule has 1 saturated heterocycles. The number of likely N-dealkylation sites (tertiary alicyclic amines) is 1. The number of aromatic nitrogens is 2. The highest BCUT2D eigenvalue weighted by atomic mass is 35.5. The maximum Gasteiger partial charge on any atom is 0.410 e. The standard InChI is InChI=1S/C24H33ClN4O3/c1-17(2)28(23(31)32-24(3,4)5)15-18-8-7-11-27(14-18)22(30)19-13-26-29(16-19)21-10-6-9-20(25)12-21/h6,9-10,12-13,16-18H,7-8,11,14-15H2,1-5H3. The van der Waals surface area contributed by atoms with Gasteiger partial charge in [0.1, 0.15) is 5.60 Å². The maximum absolute atomic E-state index is 13.1. The van der Waals surface area contributed by atoms with E-state index in [2.05, 4.69) is 5.10 Å². The monoisotopic (exact) mass is 460 g/mol. The van der Waals surface area contributed by atoms with Gasteiger partial charge in [0.25, 0.3) is 5.91 Å². The molecule has 174 valence electrons. The smallest absolute Gasteiger partial charge is 0.410 e. The van der Waals surface area contributed by atoms with Gasteiger partial charge in [0.15, 0.2) is 0 Å². The molecule has 8 heteroatoms. The lowest BCUT2D eigenvalue weighted by molar-refractivity contribution is 0.0124. The summed E-state index contributed by atoms with van der Waals surface area (Å²) in [5.74, 6) is 0.155. The number of amides is 2. The number of ether oxygens (including phenoxy) is 1. The molecule has 1 unspecified atom stereocenters. The van der Waals surface area contributed by atoms with Gasteiger partial charge in [-0.1, -0.05) is 17.7 Å². The third-order valence-corrected chi connectivity index (χ3v) is 5.65. The van der Waals surface area contributed by atoms with Crippen molar-refractivity contribution in [3.8, 4) is 5.69 Å². The van der Waals surface area contributed by atoms with Crippen LogP contribution in [0, 0.1) is 5.92 Å². The lowest BCUT2D eigenvalue weighted by Crippen LogP contribution is -2.48. The zero-order chi connectivity index (χ0) is 23.5. The number of hydrogen-bond acceptors (Lipinski definition) is 4. The molecule has 3 rings (SSSR count). The first-order valence-electron chi connectivity index (χ1n) is 11.1. The number of carbonyl (C=O) groups excluding carboxylic acids is 2. The number of carbonyl (C=O) groups is 2. The lowest BCUT2D eigenvalue weighted by Gasteiger charge is -2.37. The van der Waals surface area contributed by atoms with Gasteiger partial charge in [-0.3, -0.25) is 4.79 Å². The van der Waals surface area contributed by atoms with Gasteiger partial charge in [0.05, 0.1) is 17.4 Å². The van der Waals surface area contributed by atoms with E-state index >= 15 is 0 Å². The van der Waals surface area contributed by atoms with Crippen LogP contribution < -0.4 is 0 Å². The quantitative estimate of drug-likeness (QED) is 0.628. The van der Waals surface area contributed by atoms with E-state index in [1.54, 1.807) is 34.1 Å². The van der Waals surface area contributed by atoms with Crippen LogP contribution in [0.25, 0.3) is 5.69 Å². The highest BCUT2D eigenvalue weighted by Crippen LogP contribution is 2.22. The van der Waals surface area contributed by atoms with Crippen molar-refractivity contribution in [2.45, 2.75) is 59.1 Å². The second-order valence-corrected chi connectivity index (χ2v) is 10.1. The van der Waals surface area contributed by atoms with Crippen molar-refractivity contribution in [3.63, 3.8) is 0 Å². The minimum Gasteiger partial charge on any atom is -0.444 e. The topological polar surface area (TPSA) is 67.7 Å². The first-order chi connectivity index (χ1) is 15.0. The normalized spacial score (nSPS) is 16.8. The average Bonchev–Trinajstić information content (AvgIpc) is 3.20. The first-order valence-corrected chi connectivity index (χ1v) is 11.5. The Labute approximate surface area is 195 Å². The van der Waals surface area contributed by atoms with E-state index in [0.717, 1.165) is 18.5 Å². The summed E-state index contributed by atoms with van der Waals surface area (Å²) in [7, 11) is 0. The summed E-state index contributed by atoms with van der Waals surface area (Å²) in [5.41, 5.74) is 0.804. The zero-order valence-electron chi connectivity index (χ0n) is 19.5. The number of piperidine rings is 1. The molecule has 0 radical (unpaired) electrons. The molecule has 1 fully saturated rings. The fourth-order valence-electron chi connectivity index (χ4n) is 3.87. The van der Waals surface area contributed by atoms with Crippen LogP contribution in [-0.4, -0.2) is 62.9 Å². The molecule has 0 N–H and O–H groups in total. The van der Waals surface area contributed by atoms with E-state index in [4.69, 9.17) is 16.3 Å². The SMILES string of the molecule is CC(C)N(CC1CCCN(C(=O)c2cnn(-c3cccc(Cl)c3)c2)C1)C(=O)OC(C)(C)C. The molecule has 2 aromatic rings. The predicted molar refractivity (Wildman–Crippen MR) is 125 cm³/mol. The van der Waals surface area contributed by atoms with Crippen LogP contribution in [0.15, 0.2) is 36.7 Å².